The average molecular weight is 362 g/mol. The highest BCUT2D eigenvalue weighted by Crippen LogP contribution is 2.27. The van der Waals surface area contributed by atoms with Crippen molar-refractivity contribution in [2.24, 2.45) is 10.8 Å². The number of primary amides is 1. The van der Waals surface area contributed by atoms with Gasteiger partial charge in [-0.25, -0.2) is 10.2 Å². The zero-order chi connectivity index (χ0) is 15.9. The molecule has 0 heterocycles. The van der Waals surface area contributed by atoms with Gasteiger partial charge in [-0.05, 0) is 42.8 Å². The first-order valence-electron chi connectivity index (χ1n) is 6.75. The molecular weight excluding hydrogens is 346 g/mol. The molecule has 22 heavy (non-hydrogen) atoms. The highest BCUT2D eigenvalue weighted by atomic mass is 79.9. The van der Waals surface area contributed by atoms with Crippen molar-refractivity contribution < 1.29 is 9.53 Å². The van der Waals surface area contributed by atoms with Crippen LogP contribution in [0.4, 0.5) is 4.79 Å². The molecule has 0 fully saturated rings. The van der Waals surface area contributed by atoms with E-state index in [9.17, 15) is 4.79 Å². The van der Waals surface area contributed by atoms with E-state index < -0.39 is 6.03 Å². The van der Waals surface area contributed by atoms with E-state index in [-0.39, 0.29) is 0 Å². The number of hydrogen-bond donors (Lipinski definition) is 2. The zero-order valence-electron chi connectivity index (χ0n) is 12.0. The van der Waals surface area contributed by atoms with Crippen molar-refractivity contribution in [3.63, 3.8) is 0 Å². The van der Waals surface area contributed by atoms with Crippen molar-refractivity contribution in [1.29, 1.82) is 0 Å². The first kappa shape index (κ1) is 16.0. The lowest BCUT2D eigenvalue weighted by Gasteiger charge is -2.12. The normalized spacial score (nSPS) is 11.1. The predicted molar refractivity (Wildman–Crippen MR) is 90.2 cm³/mol. The quantitative estimate of drug-likeness (QED) is 0.623. The summed E-state index contributed by atoms with van der Waals surface area (Å²) in [6, 6.07) is 14.4. The highest BCUT2D eigenvalue weighted by Gasteiger charge is 2.10. The number of nitrogens with zero attached hydrogens (tertiary/aromatic N) is 1. The number of ether oxygens (including phenoxy) is 1. The number of carbonyl (C=O) groups excluding carboxylic acids is 1. The second kappa shape index (κ2) is 7.61. The van der Waals surface area contributed by atoms with Gasteiger partial charge >= 0.3 is 6.03 Å². The molecule has 114 valence electrons. The highest BCUT2D eigenvalue weighted by molar-refractivity contribution is 9.10. The van der Waals surface area contributed by atoms with E-state index in [0.717, 1.165) is 10.0 Å². The number of hydrogen-bond acceptors (Lipinski definition) is 3. The third-order valence-corrected chi connectivity index (χ3v) is 3.40. The molecule has 0 aliphatic rings. The van der Waals surface area contributed by atoms with Gasteiger partial charge in [0.15, 0.2) is 0 Å². The fourth-order valence-electron chi connectivity index (χ4n) is 1.88. The number of nitrogens with one attached hydrogen (secondary N) is 1. The first-order valence-corrected chi connectivity index (χ1v) is 7.54. The van der Waals surface area contributed by atoms with Crippen LogP contribution in [0.5, 0.6) is 11.5 Å². The molecule has 2 amide bonds. The molecule has 0 spiro atoms. The molecule has 3 N–H and O–H groups in total. The van der Waals surface area contributed by atoms with Gasteiger partial charge in [-0.3, -0.25) is 0 Å². The number of urea groups is 1. The van der Waals surface area contributed by atoms with Crippen LogP contribution in [0, 0.1) is 0 Å². The Balaban J connectivity index is 2.31. The first-order chi connectivity index (χ1) is 10.6. The largest absolute Gasteiger partial charge is 0.457 e. The van der Waals surface area contributed by atoms with Gasteiger partial charge in [-0.1, -0.05) is 35.0 Å². The fraction of sp³-hybridized carbons (Fsp3) is 0.125. The SMILES string of the molecule is CC/C(=N/NC(N)=O)c1ccccc1Oc1ccc(Br)cc1. The molecule has 2 aromatic rings. The summed E-state index contributed by atoms with van der Waals surface area (Å²) in [5.41, 5.74) is 8.81. The molecule has 0 bridgehead atoms. The molecule has 2 rings (SSSR count). The number of rotatable bonds is 5. The standard InChI is InChI=1S/C16H16BrN3O2/c1-2-14(19-20-16(18)21)13-5-3-4-6-15(13)22-12-9-7-11(17)8-10-12/h3-10H,2H2,1H3,(H3,18,20,21)/b19-14-. The lowest BCUT2D eigenvalue weighted by atomic mass is 10.1. The fourth-order valence-corrected chi connectivity index (χ4v) is 2.14. The van der Waals surface area contributed by atoms with E-state index in [1.165, 1.54) is 0 Å². The van der Waals surface area contributed by atoms with Gasteiger partial charge in [0.1, 0.15) is 11.5 Å². The van der Waals surface area contributed by atoms with Gasteiger partial charge in [0.25, 0.3) is 0 Å². The summed E-state index contributed by atoms with van der Waals surface area (Å²) in [7, 11) is 0. The number of carbonyl (C=O) groups is 1. The van der Waals surface area contributed by atoms with Crippen LogP contribution >= 0.6 is 15.9 Å². The Morgan fingerprint density at radius 2 is 1.91 bits per heavy atom. The van der Waals surface area contributed by atoms with Crippen molar-refractivity contribution >= 4 is 27.7 Å². The second-order valence-electron chi connectivity index (χ2n) is 4.44. The lowest BCUT2D eigenvalue weighted by molar-refractivity contribution is 0.249. The molecule has 6 heteroatoms. The van der Waals surface area contributed by atoms with E-state index in [1.54, 1.807) is 0 Å². The van der Waals surface area contributed by atoms with Crippen molar-refractivity contribution in [2.45, 2.75) is 13.3 Å². The van der Waals surface area contributed by atoms with Gasteiger partial charge in [0.2, 0.25) is 0 Å². The summed E-state index contributed by atoms with van der Waals surface area (Å²) < 4.78 is 6.89. The number of para-hydroxylation sites is 1. The number of hydrazone groups is 1. The molecule has 5 nitrogen and oxygen atoms in total. The Labute approximate surface area is 137 Å². The van der Waals surface area contributed by atoms with E-state index in [2.05, 4.69) is 26.5 Å². The molecule has 0 radical (unpaired) electrons. The minimum Gasteiger partial charge on any atom is -0.457 e. The Morgan fingerprint density at radius 3 is 2.55 bits per heavy atom. The lowest BCUT2D eigenvalue weighted by Crippen LogP contribution is -2.26. The van der Waals surface area contributed by atoms with Gasteiger partial charge in [0.05, 0.1) is 5.71 Å². The molecule has 0 atom stereocenters. The van der Waals surface area contributed by atoms with Gasteiger partial charge in [-0.2, -0.15) is 5.10 Å². The molecule has 0 aromatic heterocycles. The Hall–Kier alpha value is -2.34. The summed E-state index contributed by atoms with van der Waals surface area (Å²) in [6.45, 7) is 1.94. The van der Waals surface area contributed by atoms with Crippen LogP contribution in [0.1, 0.15) is 18.9 Å². The molecule has 0 aliphatic heterocycles. The van der Waals surface area contributed by atoms with E-state index in [0.29, 0.717) is 23.6 Å². The Bertz CT molecular complexity index is 684. The summed E-state index contributed by atoms with van der Waals surface area (Å²) >= 11 is 3.39. The molecule has 0 aliphatic carbocycles. The van der Waals surface area contributed by atoms with Crippen molar-refractivity contribution in [3.8, 4) is 11.5 Å². The van der Waals surface area contributed by atoms with E-state index >= 15 is 0 Å². The summed E-state index contributed by atoms with van der Waals surface area (Å²) in [4.78, 5) is 10.8. The predicted octanol–water partition coefficient (Wildman–Crippen LogP) is 4.02. The maximum atomic E-state index is 10.8. The number of nitrogens with two attached hydrogens (primary N) is 1. The van der Waals surface area contributed by atoms with Crippen LogP contribution in [-0.4, -0.2) is 11.7 Å². The second-order valence-corrected chi connectivity index (χ2v) is 5.36. The third-order valence-electron chi connectivity index (χ3n) is 2.88. The molecule has 0 saturated carbocycles. The third kappa shape index (κ3) is 4.33. The smallest absolute Gasteiger partial charge is 0.332 e. The van der Waals surface area contributed by atoms with Crippen LogP contribution < -0.4 is 15.9 Å². The molecule has 0 unspecified atom stereocenters. The average Bonchev–Trinajstić information content (AvgIpc) is 2.51. The monoisotopic (exact) mass is 361 g/mol. The van der Waals surface area contributed by atoms with Crippen molar-refractivity contribution in [2.75, 3.05) is 0 Å². The van der Waals surface area contributed by atoms with Crippen LogP contribution in [0.2, 0.25) is 0 Å². The van der Waals surface area contributed by atoms with Gasteiger partial charge in [0, 0.05) is 10.0 Å². The number of amides is 2. The topological polar surface area (TPSA) is 76.7 Å². The van der Waals surface area contributed by atoms with E-state index in [4.69, 9.17) is 10.5 Å². The molecule has 2 aromatic carbocycles. The minimum atomic E-state index is -0.697. The summed E-state index contributed by atoms with van der Waals surface area (Å²) in [5, 5.41) is 4.03. The summed E-state index contributed by atoms with van der Waals surface area (Å²) in [6.07, 6.45) is 0.626. The van der Waals surface area contributed by atoms with Crippen LogP contribution in [-0.2, 0) is 0 Å². The maximum Gasteiger partial charge on any atom is 0.332 e. The zero-order valence-corrected chi connectivity index (χ0v) is 13.6. The minimum absolute atomic E-state index is 0.626. The molecule has 0 saturated heterocycles. The van der Waals surface area contributed by atoms with Crippen LogP contribution in [0.25, 0.3) is 0 Å². The van der Waals surface area contributed by atoms with Gasteiger partial charge < -0.3 is 10.5 Å². The number of halogens is 1. The Morgan fingerprint density at radius 1 is 1.23 bits per heavy atom. The Kier molecular flexibility index (Phi) is 5.55. The van der Waals surface area contributed by atoms with Crippen molar-refractivity contribution in [1.82, 2.24) is 5.43 Å². The van der Waals surface area contributed by atoms with E-state index in [1.807, 2.05) is 55.5 Å². The van der Waals surface area contributed by atoms with Crippen LogP contribution in [0.3, 0.4) is 0 Å². The number of benzene rings is 2. The van der Waals surface area contributed by atoms with Crippen molar-refractivity contribution in [3.05, 3.63) is 58.6 Å². The maximum absolute atomic E-state index is 10.8. The summed E-state index contributed by atoms with van der Waals surface area (Å²) in [5.74, 6) is 1.38. The van der Waals surface area contributed by atoms with Gasteiger partial charge in [-0.15, -0.1) is 0 Å². The van der Waals surface area contributed by atoms with Crippen LogP contribution in [0.15, 0.2) is 58.1 Å². The molecular formula is C16H16BrN3O2.